The molecule has 3 aromatic rings. The number of carbonyl (C=O) groups is 4. The van der Waals surface area contributed by atoms with Gasteiger partial charge in [0.2, 0.25) is 18.1 Å². The number of aromatic amines is 1. The largest absolute Gasteiger partial charge is 0.493 e. The third kappa shape index (κ3) is 14.3. The Labute approximate surface area is 357 Å². The molecule has 1 aliphatic carbocycles. The van der Waals surface area contributed by atoms with Gasteiger partial charge in [-0.3, -0.25) is 23.9 Å². The number of carbonyl (C=O) groups excluding carboxylic acids is 4. The molecule has 1 saturated heterocycles. The van der Waals surface area contributed by atoms with Crippen LogP contribution in [-0.2, 0) is 19.1 Å². The van der Waals surface area contributed by atoms with Gasteiger partial charge in [0, 0.05) is 42.7 Å². The highest BCUT2D eigenvalue weighted by atomic mass is 32.2. The molecular weight excluding hydrogens is 789 g/mol. The number of H-pyrrole nitrogens is 1. The van der Waals surface area contributed by atoms with E-state index in [0.717, 1.165) is 31.7 Å². The molecule has 4 N–H and O–H groups in total. The Balaban J connectivity index is 0.000000347. The van der Waals surface area contributed by atoms with Gasteiger partial charge in [-0.25, -0.2) is 9.78 Å². The number of aromatic nitrogens is 2. The number of rotatable bonds is 15. The van der Waals surface area contributed by atoms with Crippen LogP contribution in [0, 0.1) is 17.3 Å². The lowest BCUT2D eigenvalue weighted by Crippen LogP contribution is -2.45. The Morgan fingerprint density at radius 2 is 1.80 bits per heavy atom. The van der Waals surface area contributed by atoms with Gasteiger partial charge in [-0.15, -0.1) is 0 Å². The van der Waals surface area contributed by atoms with Gasteiger partial charge < -0.3 is 39.5 Å². The van der Waals surface area contributed by atoms with E-state index in [2.05, 4.69) is 46.1 Å². The number of alkyl carbamates (subject to hydrolysis) is 1. The van der Waals surface area contributed by atoms with E-state index in [4.69, 9.17) is 18.9 Å². The topological polar surface area (TPSA) is 190 Å². The predicted octanol–water partition coefficient (Wildman–Crippen LogP) is 6.98. The molecule has 2 aliphatic heterocycles. The van der Waals surface area contributed by atoms with Gasteiger partial charge >= 0.3 is 6.09 Å². The van der Waals surface area contributed by atoms with Crippen molar-refractivity contribution in [3.63, 3.8) is 0 Å². The van der Waals surface area contributed by atoms with Gasteiger partial charge in [0.05, 0.1) is 12.1 Å². The van der Waals surface area contributed by atoms with Crippen molar-refractivity contribution in [1.29, 1.82) is 0 Å². The van der Waals surface area contributed by atoms with Gasteiger partial charge in [-0.05, 0) is 80.7 Å². The zero-order chi connectivity index (χ0) is 44.2. The number of ether oxygens (including phenoxy) is 4. The number of likely N-dealkylation sites (tertiary alicyclic amines) is 1. The van der Waals surface area contributed by atoms with Crippen molar-refractivity contribution in [2.45, 2.75) is 124 Å². The first-order valence-corrected chi connectivity index (χ1v) is 21.7. The summed E-state index contributed by atoms with van der Waals surface area (Å²) in [4.78, 5) is 68.9. The monoisotopic (exact) mass is 852 g/mol. The molecule has 0 bridgehead atoms. The highest BCUT2D eigenvalue weighted by molar-refractivity contribution is 7.98. The van der Waals surface area contributed by atoms with Crippen LogP contribution in [0.3, 0.4) is 0 Å². The van der Waals surface area contributed by atoms with Gasteiger partial charge in [-0.2, -0.15) is 0 Å². The Kier molecular flexibility index (Phi) is 17.1. The molecule has 330 valence electrons. The van der Waals surface area contributed by atoms with Crippen molar-refractivity contribution >= 4 is 47.3 Å². The lowest BCUT2D eigenvalue weighted by Gasteiger charge is -2.25. The molecule has 1 aromatic heterocycles. The molecule has 2 fully saturated rings. The lowest BCUT2D eigenvalue weighted by molar-refractivity contribution is -0.130. The summed E-state index contributed by atoms with van der Waals surface area (Å²) in [5, 5.41) is 5.70. The minimum atomic E-state index is -0.828. The molecule has 0 radical (unpaired) electrons. The highest BCUT2D eigenvalue weighted by Crippen LogP contribution is 2.43. The average molecular weight is 853 g/mol. The fourth-order valence-corrected chi connectivity index (χ4v) is 6.92. The van der Waals surface area contributed by atoms with Crippen LogP contribution in [0.2, 0.25) is 0 Å². The summed E-state index contributed by atoms with van der Waals surface area (Å²) in [6, 6.07) is 10.4. The van der Waals surface area contributed by atoms with Crippen molar-refractivity contribution < 1.29 is 38.1 Å². The van der Waals surface area contributed by atoms with Crippen LogP contribution in [0.15, 0.2) is 41.2 Å². The van der Waals surface area contributed by atoms with Gasteiger partial charge in [0.1, 0.15) is 36.2 Å². The quantitative estimate of drug-likeness (QED) is 0.0912. The van der Waals surface area contributed by atoms with Crippen LogP contribution in [0.1, 0.15) is 101 Å². The standard InChI is InChI=1S/C30H36N4O7.C10H18N2O2S.C4H10/c1-18-8-7-13-34(18)23(35)15-31-28(37)39-17-29(2,3)16-38-20-10-6-9-19(14-20)24-27(36)33-25-21(32-24)11-12-22-26(25)41-30(4,5)40-22;1-3-7(2)9(11-6-13)10(14)12-15-8-4-5-8;1-4(2)3/h6,9-12,14,18H,7-8,13,15-17H2,1-5H3,(H,31,37)(H,33,36);6-9H,3-5H2,1-2H3,(H,11,13)(H,12,14);4H,1-3H3/t;7-,9?;/m.0./s1. The summed E-state index contributed by atoms with van der Waals surface area (Å²) in [5.74, 6) is 1.53. The lowest BCUT2D eigenvalue weighted by atomic mass is 9.96. The number of nitrogens with one attached hydrogen (secondary N) is 4. The molecule has 3 heterocycles. The van der Waals surface area contributed by atoms with Crippen LogP contribution >= 0.6 is 11.9 Å². The molecule has 4 amide bonds. The Morgan fingerprint density at radius 1 is 1.08 bits per heavy atom. The molecular formula is C44H64N6O9S. The number of fused-ring (bicyclic) bond motifs is 3. The molecule has 2 aromatic carbocycles. The van der Waals surface area contributed by atoms with E-state index < -0.39 is 23.3 Å². The second kappa shape index (κ2) is 21.5. The summed E-state index contributed by atoms with van der Waals surface area (Å²) in [6.45, 7) is 20.8. The molecule has 15 nitrogen and oxygen atoms in total. The number of hydrogen-bond donors (Lipinski definition) is 4. The maximum absolute atomic E-state index is 13.0. The van der Waals surface area contributed by atoms with Crippen LogP contribution in [0.4, 0.5) is 4.79 Å². The van der Waals surface area contributed by atoms with Crippen molar-refractivity contribution in [2.24, 2.45) is 17.3 Å². The van der Waals surface area contributed by atoms with Gasteiger partial charge in [0.15, 0.2) is 11.5 Å². The highest BCUT2D eigenvalue weighted by Gasteiger charge is 2.34. The summed E-state index contributed by atoms with van der Waals surface area (Å²) in [6.07, 6.45) is 5.14. The minimum absolute atomic E-state index is 0.0872. The fraction of sp³-hybridized carbons (Fsp3) is 0.591. The van der Waals surface area contributed by atoms with Crippen LogP contribution < -0.4 is 35.1 Å². The average Bonchev–Trinajstić information content (AvgIpc) is 3.84. The smallest absolute Gasteiger partial charge is 0.407 e. The summed E-state index contributed by atoms with van der Waals surface area (Å²) < 4.78 is 25.8. The summed E-state index contributed by atoms with van der Waals surface area (Å²) in [7, 11) is 0. The second-order valence-corrected chi connectivity index (χ2v) is 18.6. The van der Waals surface area contributed by atoms with Gasteiger partial charge in [-0.1, -0.05) is 67.0 Å². The molecule has 0 spiro atoms. The van der Waals surface area contributed by atoms with E-state index in [1.165, 1.54) is 24.8 Å². The molecule has 1 saturated carbocycles. The third-order valence-corrected chi connectivity index (χ3v) is 10.8. The zero-order valence-electron chi connectivity index (χ0n) is 36.8. The first-order valence-electron chi connectivity index (χ1n) is 20.9. The zero-order valence-corrected chi connectivity index (χ0v) is 37.6. The fourth-order valence-electron chi connectivity index (χ4n) is 6.14. The minimum Gasteiger partial charge on any atom is -0.493 e. The van der Waals surface area contributed by atoms with Crippen molar-refractivity contribution in [3.8, 4) is 28.5 Å². The molecule has 3 atom stereocenters. The SMILES string of the molecule is CC(C)C.CC1CCCN1C(=O)CNC(=O)OCC(C)(C)COc1cccc(-c2nc3ccc4c(c3[nH]c2=O)OC(C)(C)O4)c1.CC[C@H](C)C(NC=O)C(=O)NSC1CC1. The van der Waals surface area contributed by atoms with E-state index in [1.807, 2.05) is 34.6 Å². The van der Waals surface area contributed by atoms with Crippen LogP contribution in [0.25, 0.3) is 22.3 Å². The number of hydrogen-bond acceptors (Lipinski definition) is 11. The predicted molar refractivity (Wildman–Crippen MR) is 234 cm³/mol. The Morgan fingerprint density at radius 3 is 2.43 bits per heavy atom. The maximum atomic E-state index is 13.0. The van der Waals surface area contributed by atoms with E-state index >= 15 is 0 Å². The maximum Gasteiger partial charge on any atom is 0.407 e. The molecule has 3 aliphatic rings. The molecule has 60 heavy (non-hydrogen) atoms. The molecule has 16 heteroatoms. The number of amides is 4. The van der Waals surface area contributed by atoms with Crippen molar-refractivity contribution in [1.82, 2.24) is 30.2 Å². The van der Waals surface area contributed by atoms with Crippen molar-refractivity contribution in [3.05, 3.63) is 46.8 Å². The second-order valence-electron chi connectivity index (χ2n) is 17.5. The van der Waals surface area contributed by atoms with E-state index in [0.29, 0.717) is 45.5 Å². The Hall–Kier alpha value is -4.99. The van der Waals surface area contributed by atoms with Gasteiger partial charge in [0.25, 0.3) is 11.5 Å². The number of benzene rings is 2. The van der Waals surface area contributed by atoms with E-state index in [-0.39, 0.29) is 54.8 Å². The van der Waals surface area contributed by atoms with Crippen molar-refractivity contribution in [2.75, 3.05) is 26.3 Å². The summed E-state index contributed by atoms with van der Waals surface area (Å²) in [5.41, 5.74) is 1.01. The normalized spacial score (nSPS) is 17.3. The molecule has 6 rings (SSSR count). The van der Waals surface area contributed by atoms with E-state index in [9.17, 15) is 24.0 Å². The summed E-state index contributed by atoms with van der Waals surface area (Å²) >= 11 is 1.48. The number of nitrogens with zero attached hydrogens (tertiary/aromatic N) is 2. The van der Waals surface area contributed by atoms with Crippen LogP contribution in [0.5, 0.6) is 17.2 Å². The third-order valence-electron chi connectivity index (χ3n) is 9.67. The van der Waals surface area contributed by atoms with E-state index in [1.54, 1.807) is 55.1 Å². The van der Waals surface area contributed by atoms with Crippen LogP contribution in [-0.4, -0.2) is 88.6 Å². The Bertz CT molecular complexity index is 2000. The molecule has 2 unspecified atom stereocenters. The first kappa shape index (κ1) is 47.7. The first-order chi connectivity index (χ1) is 28.3.